The van der Waals surface area contributed by atoms with Crippen LogP contribution in [0.4, 0.5) is 5.95 Å². The molecule has 13 nitrogen and oxygen atoms in total. The largest absolute Gasteiger partial charge is 0.478 e. The van der Waals surface area contributed by atoms with Gasteiger partial charge in [-0.15, -0.1) is 0 Å². The average molecular weight is 690 g/mol. The third kappa shape index (κ3) is 6.35. The Morgan fingerprint density at radius 1 is 1.12 bits per heavy atom. The topological polar surface area (TPSA) is 165 Å². The van der Waals surface area contributed by atoms with Crippen molar-refractivity contribution in [2.75, 3.05) is 44.3 Å². The number of aromatic carboxylic acids is 1. The van der Waals surface area contributed by atoms with Crippen molar-refractivity contribution in [3.63, 3.8) is 0 Å². The van der Waals surface area contributed by atoms with Crippen LogP contribution < -0.4 is 10.6 Å². The molecule has 1 aliphatic carbocycles. The first-order valence-corrected chi connectivity index (χ1v) is 17.9. The van der Waals surface area contributed by atoms with Crippen molar-refractivity contribution in [2.45, 2.75) is 58.0 Å². The van der Waals surface area contributed by atoms with Gasteiger partial charge in [-0.05, 0) is 49.5 Å². The summed E-state index contributed by atoms with van der Waals surface area (Å²) in [6, 6.07) is 8.60. The molecule has 3 aromatic heterocycles. The number of carboxylic acid groups (broad SMARTS) is 1. The van der Waals surface area contributed by atoms with Crippen molar-refractivity contribution >= 4 is 40.4 Å². The second kappa shape index (κ2) is 13.5. The number of carboxylic acids is 1. The van der Waals surface area contributed by atoms with Gasteiger partial charge in [0.25, 0.3) is 0 Å². The SMILES string of the molecule is CC(=O)N1CCc2c(c(-c3cccc4cc(/C(C=NCCC5CC6(C5)CN(c5ncc(C(=O)O)cn5)C6)=C/N)ncc34)nn2C2CCOCC2)C1. The number of nitrogens with two attached hydrogens (primary N) is 1. The molecule has 13 heteroatoms. The number of rotatable bonds is 9. The fourth-order valence-electron chi connectivity index (χ4n) is 8.44. The molecule has 3 fully saturated rings. The Labute approximate surface area is 296 Å². The van der Waals surface area contributed by atoms with E-state index in [4.69, 9.17) is 30.7 Å². The van der Waals surface area contributed by atoms with Crippen molar-refractivity contribution in [1.29, 1.82) is 0 Å². The number of anilines is 1. The second-order valence-corrected chi connectivity index (χ2v) is 14.5. The van der Waals surface area contributed by atoms with Gasteiger partial charge < -0.3 is 25.4 Å². The summed E-state index contributed by atoms with van der Waals surface area (Å²) >= 11 is 0. The first kappa shape index (κ1) is 33.0. The molecule has 4 aliphatic rings. The minimum absolute atomic E-state index is 0.0817. The lowest BCUT2D eigenvalue weighted by Gasteiger charge is -2.59. The van der Waals surface area contributed by atoms with E-state index in [1.54, 1.807) is 13.1 Å². The van der Waals surface area contributed by atoms with E-state index >= 15 is 0 Å². The van der Waals surface area contributed by atoms with E-state index in [2.05, 4.69) is 43.8 Å². The van der Waals surface area contributed by atoms with E-state index in [0.717, 1.165) is 110 Å². The summed E-state index contributed by atoms with van der Waals surface area (Å²) < 4.78 is 7.87. The summed E-state index contributed by atoms with van der Waals surface area (Å²) in [7, 11) is 0. The molecular formula is C38H43N9O4. The lowest BCUT2D eigenvalue weighted by Crippen LogP contribution is -2.62. The van der Waals surface area contributed by atoms with Crippen molar-refractivity contribution < 1.29 is 19.4 Å². The molecular weight excluding hydrogens is 646 g/mol. The summed E-state index contributed by atoms with van der Waals surface area (Å²) in [5.74, 6) is 0.291. The number of aromatic nitrogens is 5. The summed E-state index contributed by atoms with van der Waals surface area (Å²) in [5.41, 5.74) is 12.3. The van der Waals surface area contributed by atoms with Gasteiger partial charge in [0.1, 0.15) is 0 Å². The number of hydrogen-bond donors (Lipinski definition) is 2. The summed E-state index contributed by atoms with van der Waals surface area (Å²) in [6.45, 7) is 6.91. The van der Waals surface area contributed by atoms with E-state index in [0.29, 0.717) is 36.4 Å². The predicted molar refractivity (Wildman–Crippen MR) is 193 cm³/mol. The summed E-state index contributed by atoms with van der Waals surface area (Å²) in [6.07, 6.45) is 14.0. The van der Waals surface area contributed by atoms with Crippen LogP contribution in [-0.2, 0) is 22.5 Å². The van der Waals surface area contributed by atoms with Crippen molar-refractivity contribution in [3.05, 3.63) is 71.6 Å². The van der Waals surface area contributed by atoms with Crippen molar-refractivity contribution in [3.8, 4) is 11.3 Å². The molecule has 264 valence electrons. The first-order valence-electron chi connectivity index (χ1n) is 17.9. The first-order chi connectivity index (χ1) is 24.8. The van der Waals surface area contributed by atoms with Gasteiger partial charge in [0.2, 0.25) is 11.9 Å². The maximum Gasteiger partial charge on any atom is 0.338 e. The molecule has 0 unspecified atom stereocenters. The molecule has 0 atom stereocenters. The number of pyridine rings is 1. The van der Waals surface area contributed by atoms with Gasteiger partial charge in [-0.2, -0.15) is 5.10 Å². The van der Waals surface area contributed by atoms with Gasteiger partial charge in [0.15, 0.2) is 0 Å². The Balaban J connectivity index is 0.923. The highest BCUT2D eigenvalue weighted by Crippen LogP contribution is 2.53. The Morgan fingerprint density at radius 2 is 1.90 bits per heavy atom. The molecule has 1 spiro atoms. The van der Waals surface area contributed by atoms with Gasteiger partial charge >= 0.3 is 5.97 Å². The van der Waals surface area contributed by atoms with E-state index in [9.17, 15) is 9.59 Å². The predicted octanol–water partition coefficient (Wildman–Crippen LogP) is 4.52. The Kier molecular flexibility index (Phi) is 8.74. The van der Waals surface area contributed by atoms with Gasteiger partial charge in [-0.3, -0.25) is 19.5 Å². The molecule has 6 heterocycles. The number of hydrogen-bond acceptors (Lipinski definition) is 10. The third-order valence-electron chi connectivity index (χ3n) is 11.1. The quantitative estimate of drug-likeness (QED) is 0.239. The van der Waals surface area contributed by atoms with Crippen LogP contribution in [0.1, 0.15) is 72.4 Å². The fraction of sp³-hybridized carbons (Fsp3) is 0.447. The van der Waals surface area contributed by atoms with Gasteiger partial charge in [-0.25, -0.2) is 14.8 Å². The summed E-state index contributed by atoms with van der Waals surface area (Å²) in [4.78, 5) is 45.5. The molecule has 4 aromatic rings. The fourth-order valence-corrected chi connectivity index (χ4v) is 8.44. The molecule has 1 aromatic carbocycles. The highest BCUT2D eigenvalue weighted by Gasteiger charge is 2.52. The minimum Gasteiger partial charge on any atom is -0.478 e. The zero-order valence-corrected chi connectivity index (χ0v) is 28.9. The van der Waals surface area contributed by atoms with Gasteiger partial charge in [0, 0.05) is 123 Å². The highest BCUT2D eigenvalue weighted by atomic mass is 16.5. The third-order valence-corrected chi connectivity index (χ3v) is 11.1. The van der Waals surface area contributed by atoms with Crippen LogP contribution in [0, 0.1) is 11.3 Å². The second-order valence-electron chi connectivity index (χ2n) is 14.5. The van der Waals surface area contributed by atoms with Crippen LogP contribution in [0.2, 0.25) is 0 Å². The van der Waals surface area contributed by atoms with Crippen molar-refractivity contribution in [2.24, 2.45) is 22.1 Å². The van der Waals surface area contributed by atoms with E-state index in [-0.39, 0.29) is 11.5 Å². The highest BCUT2D eigenvalue weighted by molar-refractivity contribution is 6.10. The molecule has 3 aliphatic heterocycles. The molecule has 0 bridgehead atoms. The maximum absolute atomic E-state index is 12.4. The van der Waals surface area contributed by atoms with Crippen LogP contribution in [0.15, 0.2) is 54.0 Å². The van der Waals surface area contributed by atoms with Crippen LogP contribution in [0.3, 0.4) is 0 Å². The lowest BCUT2D eigenvalue weighted by molar-refractivity contribution is -0.129. The number of carbonyl (C=O) groups is 2. The lowest BCUT2D eigenvalue weighted by atomic mass is 9.57. The number of allylic oxidation sites excluding steroid dienone is 1. The Hall–Kier alpha value is -5.17. The molecule has 8 rings (SSSR count). The van der Waals surface area contributed by atoms with E-state index < -0.39 is 5.97 Å². The van der Waals surface area contributed by atoms with Crippen LogP contribution >= 0.6 is 0 Å². The van der Waals surface area contributed by atoms with Crippen LogP contribution in [0.5, 0.6) is 0 Å². The normalized spacial score (nSPS) is 19.4. The molecule has 0 radical (unpaired) electrons. The van der Waals surface area contributed by atoms with Gasteiger partial charge in [-0.1, -0.05) is 18.2 Å². The zero-order valence-electron chi connectivity index (χ0n) is 28.9. The molecule has 1 amide bonds. The number of aliphatic imine (C=N–C) groups is 1. The molecule has 2 saturated heterocycles. The molecule has 51 heavy (non-hydrogen) atoms. The minimum atomic E-state index is -1.02. The standard InChI is InChI=1S/C38H43N9O4/c1-24(48)45-10-6-34-32(21-45)35(44-47(34)29-7-11-51-12-8-29)30-4-2-3-26-13-33(41-20-31(26)30)27(16-39)17-40-9-5-25-14-38(15-25)22-46(23-38)37-42-18-28(19-43-37)36(49)50/h2-4,13,16-20,25,29H,5-12,14-15,21-23,39H2,1H3,(H,49,50)/b27-16+,40-17?. The number of nitrogens with zero attached hydrogens (tertiary/aromatic N) is 8. The monoisotopic (exact) mass is 689 g/mol. The number of benzene rings is 1. The number of ether oxygens (including phenoxy) is 1. The number of carbonyl (C=O) groups excluding carboxylic acids is 1. The zero-order chi connectivity index (χ0) is 35.1. The van der Waals surface area contributed by atoms with Gasteiger partial charge in [0.05, 0.1) is 23.0 Å². The maximum atomic E-state index is 12.4. The Bertz CT molecular complexity index is 2020. The van der Waals surface area contributed by atoms with Crippen molar-refractivity contribution in [1.82, 2.24) is 29.6 Å². The van der Waals surface area contributed by atoms with Crippen LogP contribution in [0.25, 0.3) is 27.6 Å². The number of fused-ring (bicyclic) bond motifs is 2. The van der Waals surface area contributed by atoms with E-state index in [1.807, 2.05) is 17.3 Å². The smallest absolute Gasteiger partial charge is 0.338 e. The number of amides is 1. The summed E-state index contributed by atoms with van der Waals surface area (Å²) in [5, 5.41) is 16.4. The Morgan fingerprint density at radius 3 is 2.63 bits per heavy atom. The molecule has 3 N–H and O–H groups in total. The molecule has 1 saturated carbocycles. The van der Waals surface area contributed by atoms with Crippen LogP contribution in [-0.4, -0.2) is 92.2 Å². The average Bonchev–Trinajstić information content (AvgIpc) is 3.50. The van der Waals surface area contributed by atoms with E-state index in [1.165, 1.54) is 18.1 Å².